The zero-order valence-corrected chi connectivity index (χ0v) is 16.2. The lowest BCUT2D eigenvalue weighted by molar-refractivity contribution is 0.0527. The number of halogens is 1. The predicted octanol–water partition coefficient (Wildman–Crippen LogP) is 3.29. The molecule has 1 fully saturated rings. The van der Waals surface area contributed by atoms with Crippen molar-refractivity contribution in [3.8, 4) is 5.75 Å². The molecular formula is C16H21IO6S. The highest BCUT2D eigenvalue weighted by molar-refractivity contribution is 14.1. The topological polar surface area (TPSA) is 89.9 Å². The number of carbonyl (C=O) groups is 1. The molecule has 0 radical (unpaired) electrons. The van der Waals surface area contributed by atoms with Crippen molar-refractivity contribution >= 4 is 38.7 Å². The van der Waals surface area contributed by atoms with Crippen LogP contribution >= 0.6 is 22.6 Å². The third-order valence-electron chi connectivity index (χ3n) is 3.94. The fourth-order valence-corrected chi connectivity index (χ4v) is 3.41. The maximum Gasteiger partial charge on any atom is 0.338 e. The first-order chi connectivity index (χ1) is 11.3. The summed E-state index contributed by atoms with van der Waals surface area (Å²) in [7, 11) is -4.14. The van der Waals surface area contributed by atoms with Gasteiger partial charge in [-0.3, -0.25) is 4.55 Å². The fraction of sp³-hybridized carbons (Fsp3) is 0.562. The lowest BCUT2D eigenvalue weighted by atomic mass is 9.90. The number of carbonyl (C=O) groups excluding carboxylic acids is 1. The van der Waals surface area contributed by atoms with Gasteiger partial charge in [0.1, 0.15) is 18.1 Å². The molecule has 0 amide bonds. The number of ether oxygens (including phenoxy) is 2. The van der Waals surface area contributed by atoms with Gasteiger partial charge in [-0.15, -0.1) is 0 Å². The van der Waals surface area contributed by atoms with Crippen LogP contribution in [0.15, 0.2) is 18.2 Å². The monoisotopic (exact) mass is 468 g/mol. The maximum atomic E-state index is 11.9. The Hall–Kier alpha value is -0.870. The quantitative estimate of drug-likeness (QED) is 0.375. The van der Waals surface area contributed by atoms with Crippen LogP contribution in [0.3, 0.4) is 0 Å². The number of hydrogen-bond donors (Lipinski definition) is 1. The van der Waals surface area contributed by atoms with E-state index in [4.69, 9.17) is 14.0 Å². The summed E-state index contributed by atoms with van der Waals surface area (Å²) in [5.41, 5.74) is 0.296. The predicted molar refractivity (Wildman–Crippen MR) is 97.9 cm³/mol. The van der Waals surface area contributed by atoms with Gasteiger partial charge in [-0.25, -0.2) is 4.79 Å². The van der Waals surface area contributed by atoms with Crippen molar-refractivity contribution < 1.29 is 27.2 Å². The van der Waals surface area contributed by atoms with Crippen LogP contribution in [0.5, 0.6) is 5.75 Å². The van der Waals surface area contributed by atoms with Crippen LogP contribution in [0.2, 0.25) is 0 Å². The van der Waals surface area contributed by atoms with E-state index in [2.05, 4.69) is 22.6 Å². The van der Waals surface area contributed by atoms with E-state index in [1.54, 1.807) is 18.2 Å². The second kappa shape index (κ2) is 9.00. The molecule has 24 heavy (non-hydrogen) atoms. The van der Waals surface area contributed by atoms with Crippen molar-refractivity contribution in [1.82, 2.24) is 0 Å². The van der Waals surface area contributed by atoms with Crippen LogP contribution in [0.1, 0.15) is 42.5 Å². The second-order valence-electron chi connectivity index (χ2n) is 5.88. The molecular weight excluding hydrogens is 447 g/mol. The summed E-state index contributed by atoms with van der Waals surface area (Å²) in [5.74, 6) is -0.0726. The molecule has 0 bridgehead atoms. The van der Waals surface area contributed by atoms with E-state index in [0.717, 1.165) is 3.57 Å². The van der Waals surface area contributed by atoms with Crippen molar-refractivity contribution in [1.29, 1.82) is 0 Å². The first-order valence-electron chi connectivity index (χ1n) is 7.90. The van der Waals surface area contributed by atoms with Gasteiger partial charge in [-0.2, -0.15) is 8.42 Å². The molecule has 1 aliphatic carbocycles. The molecule has 1 saturated carbocycles. The fourth-order valence-electron chi connectivity index (χ4n) is 2.63. The largest absolute Gasteiger partial charge is 0.492 e. The van der Waals surface area contributed by atoms with Gasteiger partial charge in [-0.05, 0) is 59.5 Å². The molecule has 1 aliphatic rings. The second-order valence-corrected chi connectivity index (χ2v) is 8.62. The van der Waals surface area contributed by atoms with Gasteiger partial charge in [0.25, 0.3) is 10.1 Å². The van der Waals surface area contributed by atoms with E-state index in [-0.39, 0.29) is 6.61 Å². The van der Waals surface area contributed by atoms with E-state index in [1.165, 1.54) is 32.1 Å². The average molecular weight is 468 g/mol. The molecule has 0 aliphatic heterocycles. The Labute approximate surface area is 155 Å². The Morgan fingerprint density at radius 1 is 1.25 bits per heavy atom. The van der Waals surface area contributed by atoms with E-state index in [9.17, 15) is 13.2 Å². The summed E-state index contributed by atoms with van der Waals surface area (Å²) in [4.78, 5) is 11.9. The van der Waals surface area contributed by atoms with Gasteiger partial charge in [0.2, 0.25) is 0 Å². The Balaban J connectivity index is 1.92. The van der Waals surface area contributed by atoms with Gasteiger partial charge in [0.05, 0.1) is 15.7 Å². The van der Waals surface area contributed by atoms with Crippen molar-refractivity contribution in [2.45, 2.75) is 32.1 Å². The molecule has 0 unspecified atom stereocenters. The average Bonchev–Trinajstić information content (AvgIpc) is 2.53. The Morgan fingerprint density at radius 2 is 1.96 bits per heavy atom. The standard InChI is InChI=1S/C16H21IO6S/c17-14-7-6-13(16(18)22-8-9-24(19,20)21)10-15(14)23-11-12-4-2-1-3-5-12/h6-7,10,12H,1-5,8-9,11H2,(H,19,20,21). The molecule has 0 atom stereocenters. The minimum absolute atomic E-state index is 0.296. The molecule has 6 nitrogen and oxygen atoms in total. The van der Waals surface area contributed by atoms with Crippen LogP contribution in [0.4, 0.5) is 0 Å². The highest BCUT2D eigenvalue weighted by Crippen LogP contribution is 2.27. The normalized spacial score (nSPS) is 15.9. The van der Waals surface area contributed by atoms with Gasteiger partial charge in [-0.1, -0.05) is 19.3 Å². The highest BCUT2D eigenvalue weighted by atomic mass is 127. The molecule has 8 heteroatoms. The van der Waals surface area contributed by atoms with E-state index in [1.807, 2.05) is 0 Å². The zero-order chi connectivity index (χ0) is 17.6. The minimum Gasteiger partial charge on any atom is -0.492 e. The first kappa shape index (κ1) is 19.5. The molecule has 2 rings (SSSR count). The molecule has 0 aromatic heterocycles. The van der Waals surface area contributed by atoms with E-state index < -0.39 is 21.8 Å². The summed E-state index contributed by atoms with van der Waals surface area (Å²) >= 11 is 2.14. The number of hydrogen-bond acceptors (Lipinski definition) is 5. The van der Waals surface area contributed by atoms with Gasteiger partial charge >= 0.3 is 5.97 Å². The molecule has 1 aromatic carbocycles. The third kappa shape index (κ3) is 6.56. The van der Waals surface area contributed by atoms with Gasteiger partial charge in [0, 0.05) is 0 Å². The van der Waals surface area contributed by atoms with E-state index >= 15 is 0 Å². The molecule has 0 saturated heterocycles. The summed E-state index contributed by atoms with van der Waals surface area (Å²) in [6.07, 6.45) is 6.12. The third-order valence-corrected chi connectivity index (χ3v) is 5.51. The Morgan fingerprint density at radius 3 is 2.62 bits per heavy atom. The number of esters is 1. The minimum atomic E-state index is -4.14. The summed E-state index contributed by atoms with van der Waals surface area (Å²) in [6, 6.07) is 4.97. The molecule has 134 valence electrons. The van der Waals surface area contributed by atoms with Crippen LogP contribution in [-0.2, 0) is 14.9 Å². The van der Waals surface area contributed by atoms with Crippen LogP contribution in [0, 0.1) is 9.49 Å². The lowest BCUT2D eigenvalue weighted by Gasteiger charge is -2.22. The maximum absolute atomic E-state index is 11.9. The number of benzene rings is 1. The SMILES string of the molecule is O=C(OCCS(=O)(=O)O)c1ccc(I)c(OCC2CCCCC2)c1. The highest BCUT2D eigenvalue weighted by Gasteiger charge is 2.16. The Bertz CT molecular complexity index is 667. The van der Waals surface area contributed by atoms with Gasteiger partial charge < -0.3 is 9.47 Å². The van der Waals surface area contributed by atoms with Gasteiger partial charge in [0.15, 0.2) is 0 Å². The van der Waals surface area contributed by atoms with Crippen molar-refractivity contribution in [3.63, 3.8) is 0 Å². The summed E-state index contributed by atoms with van der Waals surface area (Å²) < 4.78 is 41.5. The Kier molecular flexibility index (Phi) is 7.30. The van der Waals surface area contributed by atoms with Crippen molar-refractivity contribution in [3.05, 3.63) is 27.3 Å². The first-order valence-corrected chi connectivity index (χ1v) is 10.6. The molecule has 0 heterocycles. The van der Waals surface area contributed by atoms with Crippen molar-refractivity contribution in [2.24, 2.45) is 5.92 Å². The number of rotatable bonds is 7. The molecule has 1 N–H and O–H groups in total. The lowest BCUT2D eigenvalue weighted by Crippen LogP contribution is -2.16. The summed E-state index contributed by atoms with van der Waals surface area (Å²) in [6.45, 7) is 0.249. The van der Waals surface area contributed by atoms with Crippen molar-refractivity contribution in [2.75, 3.05) is 19.0 Å². The summed E-state index contributed by atoms with van der Waals surface area (Å²) in [5, 5.41) is 0. The molecule has 0 spiro atoms. The van der Waals surface area contributed by atoms with Crippen LogP contribution in [0.25, 0.3) is 0 Å². The molecule has 1 aromatic rings. The smallest absolute Gasteiger partial charge is 0.338 e. The van der Waals surface area contributed by atoms with Crippen LogP contribution < -0.4 is 4.74 Å². The van der Waals surface area contributed by atoms with Crippen LogP contribution in [-0.4, -0.2) is 37.9 Å². The zero-order valence-electron chi connectivity index (χ0n) is 13.2. The van der Waals surface area contributed by atoms with E-state index in [0.29, 0.717) is 23.8 Å².